The van der Waals surface area contributed by atoms with Gasteiger partial charge in [-0.3, -0.25) is 20.4 Å². The zero-order chi connectivity index (χ0) is 12.7. The van der Waals surface area contributed by atoms with Gasteiger partial charge < -0.3 is 4.74 Å². The van der Waals surface area contributed by atoms with Crippen LogP contribution in [0.15, 0.2) is 24.4 Å². The van der Waals surface area contributed by atoms with E-state index >= 15 is 0 Å². The first-order valence-corrected chi connectivity index (χ1v) is 4.73. The van der Waals surface area contributed by atoms with Gasteiger partial charge in [0.1, 0.15) is 5.69 Å². The molecule has 0 radical (unpaired) electrons. The lowest BCUT2D eigenvalue weighted by Gasteiger charge is -2.05. The van der Waals surface area contributed by atoms with Crippen LogP contribution in [-0.2, 0) is 14.3 Å². The first-order valence-electron chi connectivity index (χ1n) is 4.73. The van der Waals surface area contributed by atoms with Gasteiger partial charge in [0.15, 0.2) is 6.61 Å². The summed E-state index contributed by atoms with van der Waals surface area (Å²) in [6, 6.07) is 4.75. The number of hydrogen-bond donors (Lipinski definition) is 2. The molecule has 1 aromatic heterocycles. The summed E-state index contributed by atoms with van der Waals surface area (Å²) in [6.07, 6.45) is 1.44. The van der Waals surface area contributed by atoms with Crippen molar-refractivity contribution in [3.63, 3.8) is 0 Å². The number of pyridine rings is 1. The van der Waals surface area contributed by atoms with Gasteiger partial charge in [-0.05, 0) is 12.1 Å². The van der Waals surface area contributed by atoms with Gasteiger partial charge in [-0.15, -0.1) is 0 Å². The predicted molar refractivity (Wildman–Crippen MR) is 56.5 cm³/mol. The van der Waals surface area contributed by atoms with Crippen LogP contribution in [0, 0.1) is 0 Å². The quantitative estimate of drug-likeness (QED) is 0.540. The molecule has 0 saturated carbocycles. The average molecular weight is 237 g/mol. The van der Waals surface area contributed by atoms with Crippen LogP contribution in [0.2, 0.25) is 0 Å². The van der Waals surface area contributed by atoms with E-state index in [0.29, 0.717) is 0 Å². The van der Waals surface area contributed by atoms with Gasteiger partial charge in [0.2, 0.25) is 5.91 Å². The van der Waals surface area contributed by atoms with E-state index in [4.69, 9.17) is 0 Å². The van der Waals surface area contributed by atoms with Crippen molar-refractivity contribution in [2.45, 2.75) is 6.92 Å². The molecule has 0 fully saturated rings. The number of nitrogens with zero attached hydrogens (tertiary/aromatic N) is 1. The number of esters is 1. The average Bonchev–Trinajstić information content (AvgIpc) is 2.34. The van der Waals surface area contributed by atoms with Crippen LogP contribution in [-0.4, -0.2) is 29.4 Å². The van der Waals surface area contributed by atoms with Crippen LogP contribution in [0.25, 0.3) is 0 Å². The molecular formula is C10H11N3O4. The summed E-state index contributed by atoms with van der Waals surface area (Å²) < 4.78 is 4.66. The lowest BCUT2D eigenvalue weighted by molar-refractivity contribution is -0.129. The zero-order valence-corrected chi connectivity index (χ0v) is 9.10. The van der Waals surface area contributed by atoms with Crippen LogP contribution in [0.5, 0.6) is 0 Å². The number of hydrazine groups is 1. The standard InChI is InChI=1S/C10H11N3O4/c1-7(14)12-13-9(15)6-17-10(16)8-4-2-3-5-11-8/h2-5H,6H2,1H3,(H,12,14)(H,13,15). The predicted octanol–water partition coefficient (Wildman–Crippen LogP) is -0.594. The lowest BCUT2D eigenvalue weighted by Crippen LogP contribution is -2.42. The molecule has 1 aromatic rings. The van der Waals surface area contributed by atoms with Crippen LogP contribution < -0.4 is 10.9 Å². The third-order valence-electron chi connectivity index (χ3n) is 1.59. The Morgan fingerprint density at radius 3 is 2.65 bits per heavy atom. The highest BCUT2D eigenvalue weighted by atomic mass is 16.5. The van der Waals surface area contributed by atoms with E-state index < -0.39 is 24.4 Å². The van der Waals surface area contributed by atoms with Gasteiger partial charge in [0, 0.05) is 13.1 Å². The number of carbonyl (C=O) groups excluding carboxylic acids is 3. The minimum atomic E-state index is -0.705. The number of ether oxygens (including phenoxy) is 1. The number of carbonyl (C=O) groups is 3. The summed E-state index contributed by atoms with van der Waals surface area (Å²) in [5, 5.41) is 0. The fourth-order valence-electron chi connectivity index (χ4n) is 0.882. The summed E-state index contributed by atoms with van der Waals surface area (Å²) in [4.78, 5) is 36.6. The summed E-state index contributed by atoms with van der Waals surface area (Å²) in [6.45, 7) is 0.746. The molecule has 0 spiro atoms. The molecule has 0 unspecified atom stereocenters. The van der Waals surface area contributed by atoms with Gasteiger partial charge in [-0.25, -0.2) is 9.78 Å². The minimum absolute atomic E-state index is 0.111. The van der Waals surface area contributed by atoms with Gasteiger partial charge in [-0.1, -0.05) is 6.07 Å². The largest absolute Gasteiger partial charge is 0.451 e. The monoisotopic (exact) mass is 237 g/mol. The molecule has 2 N–H and O–H groups in total. The van der Waals surface area contributed by atoms with E-state index in [-0.39, 0.29) is 5.69 Å². The number of aromatic nitrogens is 1. The Bertz CT molecular complexity index is 419. The van der Waals surface area contributed by atoms with Crippen molar-refractivity contribution in [1.29, 1.82) is 0 Å². The SMILES string of the molecule is CC(=O)NNC(=O)COC(=O)c1ccccn1. The number of nitrogens with one attached hydrogen (secondary N) is 2. The van der Waals surface area contributed by atoms with E-state index in [1.165, 1.54) is 19.2 Å². The maximum absolute atomic E-state index is 11.3. The minimum Gasteiger partial charge on any atom is -0.451 e. The molecule has 7 nitrogen and oxygen atoms in total. The highest BCUT2D eigenvalue weighted by Crippen LogP contribution is 1.95. The highest BCUT2D eigenvalue weighted by Gasteiger charge is 2.10. The highest BCUT2D eigenvalue weighted by molar-refractivity contribution is 5.89. The number of hydrogen-bond acceptors (Lipinski definition) is 5. The molecule has 90 valence electrons. The lowest BCUT2D eigenvalue weighted by atomic mass is 10.3. The van der Waals surface area contributed by atoms with Crippen LogP contribution in [0.1, 0.15) is 17.4 Å². The fourth-order valence-corrected chi connectivity index (χ4v) is 0.882. The third-order valence-corrected chi connectivity index (χ3v) is 1.59. The van der Waals surface area contributed by atoms with E-state index in [1.807, 2.05) is 0 Å². The second-order valence-electron chi connectivity index (χ2n) is 3.02. The molecule has 0 atom stereocenters. The third kappa shape index (κ3) is 4.74. The molecule has 1 rings (SSSR count). The van der Waals surface area contributed by atoms with Crippen molar-refractivity contribution in [2.75, 3.05) is 6.61 Å². The molecule has 0 aromatic carbocycles. The molecule has 1 heterocycles. The van der Waals surface area contributed by atoms with Crippen molar-refractivity contribution in [2.24, 2.45) is 0 Å². The van der Waals surface area contributed by atoms with E-state index in [0.717, 1.165) is 0 Å². The topological polar surface area (TPSA) is 97.4 Å². The van der Waals surface area contributed by atoms with Crippen molar-refractivity contribution >= 4 is 17.8 Å². The summed E-state index contributed by atoms with van der Waals surface area (Å²) in [7, 11) is 0. The van der Waals surface area contributed by atoms with E-state index in [2.05, 4.69) is 20.6 Å². The maximum Gasteiger partial charge on any atom is 0.357 e. The number of rotatable bonds is 3. The van der Waals surface area contributed by atoms with E-state index in [9.17, 15) is 14.4 Å². The van der Waals surface area contributed by atoms with Gasteiger partial charge >= 0.3 is 5.97 Å². The Morgan fingerprint density at radius 1 is 1.29 bits per heavy atom. The summed E-state index contributed by atoms with van der Waals surface area (Å²) in [5.41, 5.74) is 4.23. The van der Waals surface area contributed by atoms with Crippen molar-refractivity contribution < 1.29 is 19.1 Å². The first kappa shape index (κ1) is 12.6. The van der Waals surface area contributed by atoms with Gasteiger partial charge in [0.25, 0.3) is 5.91 Å². The fraction of sp³-hybridized carbons (Fsp3) is 0.200. The van der Waals surface area contributed by atoms with Crippen molar-refractivity contribution in [3.05, 3.63) is 30.1 Å². The first-order chi connectivity index (χ1) is 8.09. The van der Waals surface area contributed by atoms with Crippen molar-refractivity contribution in [3.8, 4) is 0 Å². The Morgan fingerprint density at radius 2 is 2.06 bits per heavy atom. The Labute approximate surface area is 97.1 Å². The Kier molecular flexibility index (Phi) is 4.61. The molecule has 7 heteroatoms. The molecule has 17 heavy (non-hydrogen) atoms. The molecule has 0 aliphatic rings. The normalized spacial score (nSPS) is 9.24. The van der Waals surface area contributed by atoms with Gasteiger partial charge in [-0.2, -0.15) is 0 Å². The zero-order valence-electron chi connectivity index (χ0n) is 9.10. The van der Waals surface area contributed by atoms with Gasteiger partial charge in [0.05, 0.1) is 0 Å². The second kappa shape index (κ2) is 6.21. The Balaban J connectivity index is 2.34. The molecule has 2 amide bonds. The molecule has 0 saturated heterocycles. The molecule has 0 aliphatic heterocycles. The Hall–Kier alpha value is -2.44. The number of amides is 2. The van der Waals surface area contributed by atoms with Crippen LogP contribution in [0.4, 0.5) is 0 Å². The second-order valence-corrected chi connectivity index (χ2v) is 3.02. The molecule has 0 bridgehead atoms. The smallest absolute Gasteiger partial charge is 0.357 e. The molecular weight excluding hydrogens is 226 g/mol. The molecule has 0 aliphatic carbocycles. The maximum atomic E-state index is 11.3. The van der Waals surface area contributed by atoms with E-state index in [1.54, 1.807) is 12.1 Å². The van der Waals surface area contributed by atoms with Crippen LogP contribution >= 0.6 is 0 Å². The van der Waals surface area contributed by atoms with Crippen LogP contribution in [0.3, 0.4) is 0 Å². The van der Waals surface area contributed by atoms with Crippen molar-refractivity contribution in [1.82, 2.24) is 15.8 Å². The summed E-state index contributed by atoms with van der Waals surface area (Å²) in [5.74, 6) is -1.76. The summed E-state index contributed by atoms with van der Waals surface area (Å²) >= 11 is 0.